The van der Waals surface area contributed by atoms with Crippen LogP contribution in [0.25, 0.3) is 23.3 Å². The molecule has 0 spiro atoms. The maximum Gasteiger partial charge on any atom is 0.229 e. The van der Waals surface area contributed by atoms with Crippen molar-refractivity contribution >= 4 is 17.5 Å². The van der Waals surface area contributed by atoms with E-state index in [4.69, 9.17) is 9.72 Å². The summed E-state index contributed by atoms with van der Waals surface area (Å²) in [5.74, 6) is 2.79. The number of hydrogen-bond donors (Lipinski definition) is 1. The summed E-state index contributed by atoms with van der Waals surface area (Å²) in [5.41, 5.74) is 12.0. The van der Waals surface area contributed by atoms with Crippen LogP contribution in [-0.2, 0) is 0 Å². The lowest BCUT2D eigenvalue weighted by molar-refractivity contribution is 0.415. The molecule has 2 aromatic carbocycles. The number of anilines is 2. The number of H-pyrrole nitrogens is 1. The maximum atomic E-state index is 5.65. The van der Waals surface area contributed by atoms with E-state index in [-0.39, 0.29) is 0 Å². The lowest BCUT2D eigenvalue weighted by atomic mass is 10.1. The summed E-state index contributed by atoms with van der Waals surface area (Å²) in [7, 11) is 1.75. The second kappa shape index (κ2) is 15.7. The number of aromatic amines is 1. The summed E-state index contributed by atoms with van der Waals surface area (Å²) in [4.78, 5) is 13.5. The second-order valence-electron chi connectivity index (χ2n) is 12.3. The molecule has 2 aromatic heterocycles. The number of aromatic nitrogens is 4. The summed E-state index contributed by atoms with van der Waals surface area (Å²) < 4.78 is 7.52. The zero-order valence-corrected chi connectivity index (χ0v) is 28.6. The van der Waals surface area contributed by atoms with Crippen molar-refractivity contribution in [2.45, 2.75) is 86.0 Å². The predicted molar refractivity (Wildman–Crippen MR) is 192 cm³/mol. The van der Waals surface area contributed by atoms with Crippen molar-refractivity contribution in [3.8, 4) is 23.0 Å². The number of rotatable bonds is 15. The second-order valence-corrected chi connectivity index (χ2v) is 12.3. The number of nitrogens with zero attached hydrogens (tertiary/aromatic N) is 5. The van der Waals surface area contributed by atoms with Crippen LogP contribution in [0.5, 0.6) is 5.75 Å². The Hall–Kier alpha value is -4.48. The van der Waals surface area contributed by atoms with Gasteiger partial charge in [-0.3, -0.25) is 0 Å². The molecule has 0 saturated carbocycles. The predicted octanol–water partition coefficient (Wildman–Crippen LogP) is 9.69. The van der Waals surface area contributed by atoms with Gasteiger partial charge in [0, 0.05) is 36.5 Å². The number of imidazole rings is 1. The quantitative estimate of drug-likeness (QED) is 0.106. The molecule has 3 heterocycles. The van der Waals surface area contributed by atoms with E-state index in [0.29, 0.717) is 5.95 Å². The molecule has 5 rings (SSSR count). The first-order valence-corrected chi connectivity index (χ1v) is 17.0. The third-order valence-corrected chi connectivity index (χ3v) is 8.57. The first-order chi connectivity index (χ1) is 22.4. The van der Waals surface area contributed by atoms with E-state index in [2.05, 4.69) is 101 Å². The Labute approximate surface area is 275 Å². The third-order valence-electron chi connectivity index (χ3n) is 8.57. The molecule has 1 aliphatic heterocycles. The van der Waals surface area contributed by atoms with E-state index in [1.54, 1.807) is 7.11 Å². The van der Waals surface area contributed by atoms with Crippen LogP contribution in [-0.4, -0.2) is 39.9 Å². The monoisotopic (exact) mass is 618 g/mol. The van der Waals surface area contributed by atoms with E-state index in [9.17, 15) is 0 Å². The minimum Gasteiger partial charge on any atom is -0.497 e. The van der Waals surface area contributed by atoms with E-state index in [1.807, 2.05) is 30.7 Å². The van der Waals surface area contributed by atoms with Crippen LogP contribution in [0.15, 0.2) is 72.2 Å². The van der Waals surface area contributed by atoms with Crippen LogP contribution < -0.4 is 14.5 Å². The topological polar surface area (TPSA) is 62.2 Å². The lowest BCUT2D eigenvalue weighted by Crippen LogP contribution is -2.29. The van der Waals surface area contributed by atoms with Crippen molar-refractivity contribution < 1.29 is 4.74 Å². The van der Waals surface area contributed by atoms with Crippen LogP contribution >= 0.6 is 0 Å². The van der Waals surface area contributed by atoms with E-state index < -0.39 is 0 Å². The Morgan fingerprint density at radius 3 is 2.24 bits per heavy atom. The molecule has 1 N–H and O–H groups in total. The summed E-state index contributed by atoms with van der Waals surface area (Å²) in [6, 6.07) is 17.0. The van der Waals surface area contributed by atoms with Gasteiger partial charge in [-0.2, -0.15) is 5.10 Å². The average Bonchev–Trinajstić information content (AvgIpc) is 3.72. The highest BCUT2D eigenvalue weighted by atomic mass is 16.5. The first kappa shape index (κ1) is 32.9. The number of fused-ring (bicyclic) bond motifs is 1. The number of methoxy groups -OCH3 is 1. The molecule has 1 aliphatic rings. The van der Waals surface area contributed by atoms with Crippen LogP contribution in [0.2, 0.25) is 0 Å². The minimum atomic E-state index is 0.699. The van der Waals surface area contributed by atoms with E-state index >= 15 is 0 Å². The molecule has 46 heavy (non-hydrogen) atoms. The van der Waals surface area contributed by atoms with Crippen molar-refractivity contribution in [1.29, 1.82) is 0 Å². The Kier molecular flexibility index (Phi) is 11.2. The third kappa shape index (κ3) is 7.66. The molecule has 7 nitrogen and oxygen atoms in total. The van der Waals surface area contributed by atoms with Gasteiger partial charge in [-0.1, -0.05) is 76.1 Å². The normalized spacial score (nSPS) is 13.3. The highest BCUT2D eigenvalue weighted by Crippen LogP contribution is 2.44. The van der Waals surface area contributed by atoms with Gasteiger partial charge in [0.05, 0.1) is 35.6 Å². The van der Waals surface area contributed by atoms with Gasteiger partial charge < -0.3 is 19.5 Å². The standard InChI is InChI=1S/C39H50N6O/c1-7-9-11-15-24-43-35-23-22-33(46-6)28-36(35)44(25-16-12-10-8-2)37(43)21-14-13-20-34-38(32-19-17-18-29(3)26-32)41-39(40-34)45-31(5)27-30(4)42-45/h14,17-23,26-28H,7-12,15-16,24-25H2,1-6H3,(H,40,41). The summed E-state index contributed by atoms with van der Waals surface area (Å²) >= 11 is 0. The number of aryl methyl sites for hydroxylation is 3. The molecule has 4 aromatic rings. The van der Waals surface area contributed by atoms with Crippen molar-refractivity contribution in [3.63, 3.8) is 0 Å². The number of allylic oxidation sites excluding steroid dienone is 2. The molecule has 0 amide bonds. The van der Waals surface area contributed by atoms with Gasteiger partial charge in [0.15, 0.2) is 0 Å². The summed E-state index contributed by atoms with van der Waals surface area (Å²) in [6.07, 6.45) is 16.0. The summed E-state index contributed by atoms with van der Waals surface area (Å²) in [6.45, 7) is 12.6. The van der Waals surface area contributed by atoms with Crippen molar-refractivity contribution in [2.24, 2.45) is 0 Å². The van der Waals surface area contributed by atoms with Gasteiger partial charge in [0.2, 0.25) is 5.95 Å². The van der Waals surface area contributed by atoms with Gasteiger partial charge in [-0.25, -0.2) is 9.67 Å². The molecule has 0 aliphatic carbocycles. The Balaban J connectivity index is 1.52. The van der Waals surface area contributed by atoms with Crippen LogP contribution in [0.4, 0.5) is 11.4 Å². The van der Waals surface area contributed by atoms with Gasteiger partial charge in [0.25, 0.3) is 0 Å². The maximum absolute atomic E-state index is 5.65. The molecule has 242 valence electrons. The smallest absolute Gasteiger partial charge is 0.229 e. The fourth-order valence-electron chi connectivity index (χ4n) is 6.20. The van der Waals surface area contributed by atoms with E-state index in [0.717, 1.165) is 60.0 Å². The molecule has 0 unspecified atom stereocenters. The van der Waals surface area contributed by atoms with Gasteiger partial charge in [-0.05, 0) is 70.0 Å². The average molecular weight is 619 g/mol. The minimum absolute atomic E-state index is 0.699. The molecular formula is C39H50N6O. The van der Waals surface area contributed by atoms with Crippen molar-refractivity contribution in [3.05, 3.63) is 94.9 Å². The molecule has 0 radical (unpaired) electrons. The Bertz CT molecular complexity index is 1700. The lowest BCUT2D eigenvalue weighted by Gasteiger charge is -2.25. The molecule has 0 fully saturated rings. The number of benzene rings is 2. The number of hydrogen-bond acceptors (Lipinski definition) is 5. The fraction of sp³-hybridized carbons (Fsp3) is 0.410. The molecule has 0 bridgehead atoms. The number of unbranched alkanes of at least 4 members (excludes halogenated alkanes) is 6. The first-order valence-electron chi connectivity index (χ1n) is 17.0. The zero-order chi connectivity index (χ0) is 32.5. The van der Waals surface area contributed by atoms with Crippen molar-refractivity contribution in [1.82, 2.24) is 19.7 Å². The fourth-order valence-corrected chi connectivity index (χ4v) is 6.20. The van der Waals surface area contributed by atoms with Gasteiger partial charge in [-0.15, -0.1) is 5.73 Å². The number of ether oxygens (including phenoxy) is 1. The van der Waals surface area contributed by atoms with E-state index in [1.165, 1.54) is 61.3 Å². The van der Waals surface area contributed by atoms with Gasteiger partial charge >= 0.3 is 0 Å². The SMILES string of the molecule is CCCCCCN1C(=CC=C=Cc2[nH]c(-n3nc(C)cc3C)nc2-c2cccc(C)c2)N(CCCCCC)c2cc(OC)ccc21. The van der Waals surface area contributed by atoms with Crippen LogP contribution in [0.3, 0.4) is 0 Å². The van der Waals surface area contributed by atoms with Crippen molar-refractivity contribution in [2.75, 3.05) is 30.0 Å². The molecule has 0 atom stereocenters. The summed E-state index contributed by atoms with van der Waals surface area (Å²) in [5, 5.41) is 4.67. The largest absolute Gasteiger partial charge is 0.497 e. The van der Waals surface area contributed by atoms with Gasteiger partial charge in [0.1, 0.15) is 11.6 Å². The Morgan fingerprint density at radius 2 is 1.59 bits per heavy atom. The zero-order valence-electron chi connectivity index (χ0n) is 28.6. The molecule has 7 heteroatoms. The Morgan fingerprint density at radius 1 is 0.848 bits per heavy atom. The van der Waals surface area contributed by atoms with Crippen LogP contribution in [0.1, 0.15) is 87.9 Å². The highest BCUT2D eigenvalue weighted by Gasteiger charge is 2.30. The number of nitrogens with one attached hydrogen (secondary N) is 1. The molecular weight excluding hydrogens is 568 g/mol. The highest BCUT2D eigenvalue weighted by molar-refractivity contribution is 5.84. The van der Waals surface area contributed by atoms with Crippen LogP contribution in [0, 0.1) is 20.8 Å². The molecule has 0 saturated heterocycles.